The number of nitrogens with one attached hydrogen (secondary N) is 2. The fourth-order valence-electron chi connectivity index (χ4n) is 4.64. The monoisotopic (exact) mass is 450 g/mol. The zero-order chi connectivity index (χ0) is 19.8. The number of piperidine rings is 1. The maximum absolute atomic E-state index is 13.0. The second-order valence-electron chi connectivity index (χ2n) is 7.94. The number of halogens is 1. The number of benzene rings is 1. The summed E-state index contributed by atoms with van der Waals surface area (Å²) >= 11 is 1.60. The van der Waals surface area contributed by atoms with Gasteiger partial charge in [-0.3, -0.25) is 4.79 Å². The van der Waals surface area contributed by atoms with Crippen LogP contribution in [0.1, 0.15) is 38.5 Å². The third-order valence-corrected chi connectivity index (χ3v) is 7.48. The van der Waals surface area contributed by atoms with Gasteiger partial charge in [0.1, 0.15) is 12.2 Å². The van der Waals surface area contributed by atoms with Gasteiger partial charge in [0.05, 0.1) is 24.6 Å². The molecule has 1 aromatic heterocycles. The number of carbonyl (C=O) groups excluding carboxylic acids is 1. The van der Waals surface area contributed by atoms with Gasteiger partial charge in [0.2, 0.25) is 0 Å². The van der Waals surface area contributed by atoms with Crippen LogP contribution in [-0.4, -0.2) is 45.4 Å². The Bertz CT molecular complexity index is 926. The molecule has 8 heteroatoms. The number of amides is 1. The van der Waals surface area contributed by atoms with E-state index in [2.05, 4.69) is 16.7 Å². The Labute approximate surface area is 186 Å². The van der Waals surface area contributed by atoms with Gasteiger partial charge in [-0.25, -0.2) is 0 Å². The van der Waals surface area contributed by atoms with Gasteiger partial charge in [0.15, 0.2) is 11.5 Å². The molecule has 4 heterocycles. The van der Waals surface area contributed by atoms with Gasteiger partial charge in [-0.2, -0.15) is 0 Å². The highest BCUT2D eigenvalue weighted by Gasteiger charge is 2.41. The van der Waals surface area contributed by atoms with Crippen molar-refractivity contribution in [3.05, 3.63) is 45.1 Å². The van der Waals surface area contributed by atoms with Crippen LogP contribution in [-0.2, 0) is 23.2 Å². The highest BCUT2D eigenvalue weighted by atomic mass is 35.5. The lowest BCUT2D eigenvalue weighted by Gasteiger charge is -2.40. The molecular formula is C22H27ClN2O4S. The van der Waals surface area contributed by atoms with Crippen LogP contribution in [0.15, 0.2) is 24.3 Å². The fourth-order valence-corrected chi connectivity index (χ4v) is 5.95. The molecule has 0 bridgehead atoms. The van der Waals surface area contributed by atoms with Gasteiger partial charge in [0.25, 0.3) is 5.91 Å². The normalized spacial score (nSPS) is 21.6. The van der Waals surface area contributed by atoms with Gasteiger partial charge >= 0.3 is 0 Å². The van der Waals surface area contributed by atoms with E-state index < -0.39 is 0 Å². The van der Waals surface area contributed by atoms with Crippen molar-refractivity contribution in [3.8, 4) is 11.5 Å². The minimum Gasteiger partial charge on any atom is -0.493 e. The largest absolute Gasteiger partial charge is 0.493 e. The van der Waals surface area contributed by atoms with E-state index in [-0.39, 0.29) is 30.0 Å². The molecule has 2 N–H and O–H groups in total. The Hall–Kier alpha value is -1.80. The third kappa shape index (κ3) is 3.80. The number of rotatable bonds is 3. The predicted octanol–water partition coefficient (Wildman–Crippen LogP) is 3.06. The maximum atomic E-state index is 13.0. The molecule has 1 atom stereocenters. The van der Waals surface area contributed by atoms with Crippen molar-refractivity contribution in [1.82, 2.24) is 10.6 Å². The van der Waals surface area contributed by atoms with E-state index in [4.69, 9.17) is 14.2 Å². The summed E-state index contributed by atoms with van der Waals surface area (Å²) in [5, 5.41) is 6.58. The van der Waals surface area contributed by atoms with E-state index in [0.717, 1.165) is 67.3 Å². The van der Waals surface area contributed by atoms with Crippen LogP contribution in [0.4, 0.5) is 0 Å². The van der Waals surface area contributed by atoms with Crippen molar-refractivity contribution < 1.29 is 19.0 Å². The van der Waals surface area contributed by atoms with Crippen molar-refractivity contribution in [2.24, 2.45) is 0 Å². The summed E-state index contributed by atoms with van der Waals surface area (Å²) in [7, 11) is 1.64. The summed E-state index contributed by atoms with van der Waals surface area (Å²) in [5.41, 5.74) is 2.14. The van der Waals surface area contributed by atoms with E-state index in [1.165, 1.54) is 10.4 Å². The smallest absolute Gasteiger partial charge is 0.261 e. The molecule has 1 spiro atoms. The van der Waals surface area contributed by atoms with Crippen molar-refractivity contribution in [2.45, 2.75) is 37.3 Å². The molecular weight excluding hydrogens is 424 g/mol. The first-order chi connectivity index (χ1) is 14.2. The van der Waals surface area contributed by atoms with Crippen LogP contribution in [0.25, 0.3) is 0 Å². The number of para-hydroxylation sites is 1. The standard InChI is InChI=1S/C22H26N2O4S.ClH/c1-26-17-4-2-3-14-11-16(13-27-19(14)17)24-21(25)18-12-15-5-10-28-22(20(15)29-18)6-8-23-9-7-22;/h2-4,12,16,23H,5-11,13H2,1H3,(H,24,25);1H. The Morgan fingerprint density at radius 1 is 1.30 bits per heavy atom. The van der Waals surface area contributed by atoms with Gasteiger partial charge in [-0.05, 0) is 56.5 Å². The van der Waals surface area contributed by atoms with Crippen molar-refractivity contribution in [1.29, 1.82) is 0 Å². The average molecular weight is 451 g/mol. The van der Waals surface area contributed by atoms with E-state index in [0.29, 0.717) is 6.61 Å². The van der Waals surface area contributed by atoms with Crippen LogP contribution in [0, 0.1) is 0 Å². The summed E-state index contributed by atoms with van der Waals surface area (Å²) in [6.45, 7) is 3.10. The minimum absolute atomic E-state index is 0. The molecule has 1 amide bonds. The molecule has 1 fully saturated rings. The first kappa shape index (κ1) is 21.4. The summed E-state index contributed by atoms with van der Waals surface area (Å²) in [4.78, 5) is 15.0. The van der Waals surface area contributed by atoms with E-state index >= 15 is 0 Å². The fraction of sp³-hybridized carbons (Fsp3) is 0.500. The molecule has 1 aromatic carbocycles. The Morgan fingerprint density at radius 2 is 2.13 bits per heavy atom. The molecule has 3 aliphatic heterocycles. The number of ether oxygens (including phenoxy) is 3. The lowest BCUT2D eigenvalue weighted by atomic mass is 9.86. The summed E-state index contributed by atoms with van der Waals surface area (Å²) < 4.78 is 17.5. The Kier molecular flexibility index (Phi) is 6.25. The van der Waals surface area contributed by atoms with Crippen LogP contribution >= 0.6 is 23.7 Å². The molecule has 0 aliphatic carbocycles. The molecule has 1 unspecified atom stereocenters. The van der Waals surface area contributed by atoms with Crippen LogP contribution in [0.5, 0.6) is 11.5 Å². The summed E-state index contributed by atoms with van der Waals surface area (Å²) in [6.07, 6.45) is 3.56. The Morgan fingerprint density at radius 3 is 2.93 bits per heavy atom. The number of hydrogen-bond donors (Lipinski definition) is 2. The summed E-state index contributed by atoms with van der Waals surface area (Å²) in [5.74, 6) is 1.51. The molecule has 0 radical (unpaired) electrons. The first-order valence-electron chi connectivity index (χ1n) is 10.3. The third-order valence-electron chi connectivity index (χ3n) is 6.12. The molecule has 3 aliphatic rings. The van der Waals surface area contributed by atoms with Crippen LogP contribution in [0.3, 0.4) is 0 Å². The van der Waals surface area contributed by atoms with Gasteiger partial charge in [0, 0.05) is 10.4 Å². The zero-order valence-electron chi connectivity index (χ0n) is 17.0. The molecule has 6 nitrogen and oxygen atoms in total. The number of fused-ring (bicyclic) bond motifs is 3. The molecule has 1 saturated heterocycles. The quantitative estimate of drug-likeness (QED) is 0.752. The zero-order valence-corrected chi connectivity index (χ0v) is 18.6. The van der Waals surface area contributed by atoms with E-state index in [1.54, 1.807) is 18.4 Å². The topological polar surface area (TPSA) is 68.8 Å². The average Bonchev–Trinajstić information content (AvgIpc) is 3.20. The van der Waals surface area contributed by atoms with Crippen LogP contribution < -0.4 is 20.1 Å². The number of hydrogen-bond acceptors (Lipinski definition) is 6. The number of carbonyl (C=O) groups is 1. The van der Waals surface area contributed by atoms with Crippen molar-refractivity contribution in [2.75, 3.05) is 33.4 Å². The summed E-state index contributed by atoms with van der Waals surface area (Å²) in [6, 6.07) is 7.90. The Balaban J connectivity index is 0.00000218. The molecule has 162 valence electrons. The molecule has 2 aromatic rings. The molecule has 30 heavy (non-hydrogen) atoms. The highest BCUT2D eigenvalue weighted by Crippen LogP contribution is 2.44. The lowest BCUT2D eigenvalue weighted by molar-refractivity contribution is -0.0771. The maximum Gasteiger partial charge on any atom is 0.261 e. The highest BCUT2D eigenvalue weighted by molar-refractivity contribution is 7.14. The minimum atomic E-state index is -0.203. The van der Waals surface area contributed by atoms with E-state index in [9.17, 15) is 4.79 Å². The van der Waals surface area contributed by atoms with Gasteiger partial charge < -0.3 is 24.8 Å². The molecule has 0 saturated carbocycles. The van der Waals surface area contributed by atoms with E-state index in [1.807, 2.05) is 18.2 Å². The molecule has 5 rings (SSSR count). The SMILES string of the molecule is COc1cccc2c1OCC(NC(=O)c1cc3c(s1)C1(CCNCC1)OCC3)C2.Cl. The van der Waals surface area contributed by atoms with Crippen molar-refractivity contribution >= 4 is 29.7 Å². The number of thiophene rings is 1. The second-order valence-corrected chi connectivity index (χ2v) is 8.99. The second kappa shape index (κ2) is 8.75. The van der Waals surface area contributed by atoms with Gasteiger partial charge in [-0.1, -0.05) is 12.1 Å². The lowest BCUT2D eigenvalue weighted by Crippen LogP contribution is -2.44. The predicted molar refractivity (Wildman–Crippen MR) is 118 cm³/mol. The van der Waals surface area contributed by atoms with Gasteiger partial charge in [-0.15, -0.1) is 23.7 Å². The first-order valence-corrected chi connectivity index (χ1v) is 11.1. The van der Waals surface area contributed by atoms with Crippen molar-refractivity contribution in [3.63, 3.8) is 0 Å². The number of methoxy groups -OCH3 is 1. The van der Waals surface area contributed by atoms with Crippen LogP contribution in [0.2, 0.25) is 0 Å².